The first-order chi connectivity index (χ1) is 18.7. The Bertz CT molecular complexity index is 1230. The first kappa shape index (κ1) is 25.5. The number of fused-ring (bicyclic) bond motifs is 2. The highest BCUT2D eigenvalue weighted by Crippen LogP contribution is 2.29. The van der Waals surface area contributed by atoms with Gasteiger partial charge in [0.2, 0.25) is 5.91 Å². The van der Waals surface area contributed by atoms with Gasteiger partial charge in [0.05, 0.1) is 17.9 Å². The molecule has 198 valence electrons. The highest BCUT2D eigenvalue weighted by molar-refractivity contribution is 6.01. The lowest BCUT2D eigenvalue weighted by molar-refractivity contribution is -0.132. The summed E-state index contributed by atoms with van der Waals surface area (Å²) in [6, 6.07) is 17.0. The lowest BCUT2D eigenvalue weighted by atomic mass is 10.1. The minimum atomic E-state index is -0.198. The molecule has 9 nitrogen and oxygen atoms in total. The molecule has 2 aliphatic heterocycles. The molecule has 1 saturated heterocycles. The monoisotopic (exact) mass is 514 g/mol. The molecule has 2 aliphatic rings. The maximum atomic E-state index is 13.8. The molecule has 0 unspecified atom stereocenters. The van der Waals surface area contributed by atoms with Crippen molar-refractivity contribution in [3.8, 4) is 5.75 Å². The van der Waals surface area contributed by atoms with Crippen LogP contribution in [0.4, 0.5) is 17.3 Å². The summed E-state index contributed by atoms with van der Waals surface area (Å²) in [5.41, 5.74) is 1.19. The lowest BCUT2D eigenvalue weighted by Gasteiger charge is -2.36. The molecular weight excluding hydrogens is 480 g/mol. The van der Waals surface area contributed by atoms with Crippen LogP contribution in [-0.4, -0.2) is 77.5 Å². The van der Waals surface area contributed by atoms with Crippen molar-refractivity contribution >= 4 is 29.1 Å². The molecule has 0 radical (unpaired) electrons. The van der Waals surface area contributed by atoms with Crippen molar-refractivity contribution in [1.29, 1.82) is 0 Å². The molecule has 0 spiro atoms. The number of ether oxygens (including phenoxy) is 1. The van der Waals surface area contributed by atoms with Gasteiger partial charge < -0.3 is 24.8 Å². The predicted molar refractivity (Wildman–Crippen MR) is 147 cm³/mol. The number of hydrogen-bond acceptors (Lipinski definition) is 7. The maximum Gasteiger partial charge on any atom is 0.258 e. The van der Waals surface area contributed by atoms with Crippen molar-refractivity contribution in [3.05, 3.63) is 72.6 Å². The number of nitrogens with zero attached hydrogens (tertiary/aromatic N) is 5. The number of rotatable bonds is 3. The predicted octanol–water partition coefficient (Wildman–Crippen LogP) is 3.96. The van der Waals surface area contributed by atoms with Gasteiger partial charge in [0.1, 0.15) is 23.9 Å². The number of carbonyl (C=O) groups excluding carboxylic acids is 2. The molecule has 1 aromatic carbocycles. The van der Waals surface area contributed by atoms with E-state index in [1.165, 1.54) is 0 Å². The van der Waals surface area contributed by atoms with Crippen LogP contribution in [0.5, 0.6) is 5.75 Å². The van der Waals surface area contributed by atoms with Crippen molar-refractivity contribution in [2.45, 2.75) is 25.7 Å². The molecule has 0 saturated carbocycles. The van der Waals surface area contributed by atoms with Crippen molar-refractivity contribution in [2.24, 2.45) is 0 Å². The van der Waals surface area contributed by atoms with Gasteiger partial charge in [-0.3, -0.25) is 9.59 Å². The Morgan fingerprint density at radius 3 is 2.47 bits per heavy atom. The highest BCUT2D eigenvalue weighted by atomic mass is 16.5. The Morgan fingerprint density at radius 1 is 0.842 bits per heavy atom. The van der Waals surface area contributed by atoms with E-state index in [0.29, 0.717) is 37.6 Å². The van der Waals surface area contributed by atoms with Crippen LogP contribution in [0.15, 0.2) is 67.0 Å². The number of amides is 2. The summed E-state index contributed by atoms with van der Waals surface area (Å²) >= 11 is 0. The number of hydrogen-bond donors (Lipinski definition) is 1. The maximum absolute atomic E-state index is 13.8. The van der Waals surface area contributed by atoms with Crippen LogP contribution in [0.25, 0.3) is 0 Å². The fourth-order valence-corrected chi connectivity index (χ4v) is 4.85. The van der Waals surface area contributed by atoms with Crippen LogP contribution >= 0.6 is 0 Å². The van der Waals surface area contributed by atoms with Gasteiger partial charge in [-0.2, -0.15) is 0 Å². The smallest absolute Gasteiger partial charge is 0.258 e. The van der Waals surface area contributed by atoms with Gasteiger partial charge in [0.25, 0.3) is 5.91 Å². The standard InChI is InChI=1S/C29H34N6O3/c36-27(34-19-17-33(18-20-34)26-13-5-6-14-30-26)22-35-16-7-1-2-8-21-38-25-12-4-3-11-24(25)32-28-23(29(35)37)10-9-15-31-28/h3-6,9-15H,1-2,7-8,16-22H2,(H,31,32). The average Bonchev–Trinajstić information content (AvgIpc) is 2.97. The van der Waals surface area contributed by atoms with E-state index in [0.717, 1.165) is 56.0 Å². The fourth-order valence-electron chi connectivity index (χ4n) is 4.85. The minimum Gasteiger partial charge on any atom is -0.491 e. The second-order valence-electron chi connectivity index (χ2n) is 9.57. The molecule has 2 aromatic heterocycles. The summed E-state index contributed by atoms with van der Waals surface area (Å²) in [4.78, 5) is 41.8. The van der Waals surface area contributed by atoms with E-state index in [2.05, 4.69) is 20.2 Å². The number of benzene rings is 1. The second-order valence-corrected chi connectivity index (χ2v) is 9.57. The second kappa shape index (κ2) is 12.4. The number of pyridine rings is 2. The number of nitrogens with one attached hydrogen (secondary N) is 1. The van der Waals surface area contributed by atoms with Gasteiger partial charge in [0, 0.05) is 45.1 Å². The van der Waals surface area contributed by atoms with Crippen LogP contribution in [0.3, 0.4) is 0 Å². The van der Waals surface area contributed by atoms with E-state index in [1.54, 1.807) is 29.4 Å². The quantitative estimate of drug-likeness (QED) is 0.566. The van der Waals surface area contributed by atoms with Gasteiger partial charge in [-0.15, -0.1) is 0 Å². The Hall–Kier alpha value is -4.14. The SMILES string of the molecule is O=C(CN1CCCCCCOc2ccccc2Nc2ncccc2C1=O)N1CCN(c2ccccn2)CC1. The van der Waals surface area contributed by atoms with Crippen LogP contribution in [0, 0.1) is 0 Å². The number of aromatic nitrogens is 2. The molecule has 9 heteroatoms. The minimum absolute atomic E-state index is 0.0303. The van der Waals surface area contributed by atoms with Crippen molar-refractivity contribution < 1.29 is 14.3 Å². The molecule has 1 fully saturated rings. The molecule has 2 amide bonds. The first-order valence-corrected chi connectivity index (χ1v) is 13.4. The third kappa shape index (κ3) is 6.22. The molecule has 1 N–H and O–H groups in total. The van der Waals surface area contributed by atoms with Crippen LogP contribution < -0.4 is 15.0 Å². The lowest BCUT2D eigenvalue weighted by Crippen LogP contribution is -2.52. The van der Waals surface area contributed by atoms with E-state index in [4.69, 9.17) is 4.74 Å². The van der Waals surface area contributed by atoms with Crippen molar-refractivity contribution in [1.82, 2.24) is 19.8 Å². The van der Waals surface area contributed by atoms with E-state index < -0.39 is 0 Å². The molecule has 5 rings (SSSR count). The van der Waals surface area contributed by atoms with Gasteiger partial charge in [-0.25, -0.2) is 9.97 Å². The Labute approximate surface area is 223 Å². The molecule has 0 atom stereocenters. The number of anilines is 3. The van der Waals surface area contributed by atoms with E-state index in [9.17, 15) is 9.59 Å². The van der Waals surface area contributed by atoms with Gasteiger partial charge in [-0.1, -0.05) is 31.0 Å². The highest BCUT2D eigenvalue weighted by Gasteiger charge is 2.27. The Balaban J connectivity index is 1.31. The normalized spacial score (nSPS) is 16.9. The molecule has 38 heavy (non-hydrogen) atoms. The summed E-state index contributed by atoms with van der Waals surface area (Å²) in [5, 5.41) is 3.29. The van der Waals surface area contributed by atoms with Gasteiger partial charge >= 0.3 is 0 Å². The van der Waals surface area contributed by atoms with Gasteiger partial charge in [0.15, 0.2) is 0 Å². The van der Waals surface area contributed by atoms with Crippen LogP contribution in [0.1, 0.15) is 36.0 Å². The molecule has 0 aliphatic carbocycles. The summed E-state index contributed by atoms with van der Waals surface area (Å²) in [7, 11) is 0. The number of para-hydroxylation sites is 2. The summed E-state index contributed by atoms with van der Waals surface area (Å²) < 4.78 is 6.01. The fraction of sp³-hybridized carbons (Fsp3) is 0.379. The molecule has 0 bridgehead atoms. The van der Waals surface area contributed by atoms with E-state index >= 15 is 0 Å². The zero-order valence-corrected chi connectivity index (χ0v) is 21.6. The van der Waals surface area contributed by atoms with E-state index in [1.807, 2.05) is 47.4 Å². The van der Waals surface area contributed by atoms with Crippen LogP contribution in [-0.2, 0) is 4.79 Å². The largest absolute Gasteiger partial charge is 0.491 e. The molecule has 4 heterocycles. The zero-order chi connectivity index (χ0) is 26.2. The Morgan fingerprint density at radius 2 is 1.63 bits per heavy atom. The number of carbonyl (C=O) groups is 2. The van der Waals surface area contributed by atoms with Crippen molar-refractivity contribution in [3.63, 3.8) is 0 Å². The number of piperazine rings is 1. The third-order valence-corrected chi connectivity index (χ3v) is 6.98. The third-order valence-electron chi connectivity index (χ3n) is 6.98. The van der Waals surface area contributed by atoms with Gasteiger partial charge in [-0.05, 0) is 49.2 Å². The average molecular weight is 515 g/mol. The van der Waals surface area contributed by atoms with Crippen molar-refractivity contribution in [2.75, 3.05) is 56.1 Å². The molecule has 3 aromatic rings. The summed E-state index contributed by atoms with van der Waals surface area (Å²) in [5.74, 6) is 1.87. The topological polar surface area (TPSA) is 90.9 Å². The van der Waals surface area contributed by atoms with Crippen LogP contribution in [0.2, 0.25) is 0 Å². The zero-order valence-electron chi connectivity index (χ0n) is 21.6. The summed E-state index contributed by atoms with van der Waals surface area (Å²) in [6.07, 6.45) is 7.15. The van der Waals surface area contributed by atoms with E-state index in [-0.39, 0.29) is 18.4 Å². The first-order valence-electron chi connectivity index (χ1n) is 13.4. The Kier molecular flexibility index (Phi) is 8.32. The summed E-state index contributed by atoms with van der Waals surface area (Å²) in [6.45, 7) is 3.84. The molecular formula is C29H34N6O3.